The van der Waals surface area contributed by atoms with Gasteiger partial charge in [0, 0.05) is 11.6 Å². The molecule has 0 radical (unpaired) electrons. The first-order valence-electron chi connectivity index (χ1n) is 15.5. The number of nitro benzene ring substituents is 1. The number of fused-ring (bicyclic) bond motifs is 2. The zero-order valence-corrected chi connectivity index (χ0v) is 27.7. The summed E-state index contributed by atoms with van der Waals surface area (Å²) in [5.74, 6) is 0.463. The summed E-state index contributed by atoms with van der Waals surface area (Å²) in [5.41, 5.74) is 2.64. The van der Waals surface area contributed by atoms with Crippen molar-refractivity contribution >= 4 is 39.8 Å². The molecule has 4 aromatic carbocycles. The smallest absolute Gasteiger partial charge is 0.338 e. The number of aryl methyl sites for hydroxylation is 1. The fraction of sp³-hybridized carbons (Fsp3) is 0.216. The summed E-state index contributed by atoms with van der Waals surface area (Å²) in [6, 6.07) is 23.5. The number of nitro groups is 1. The first-order valence-corrected chi connectivity index (χ1v) is 16.3. The number of rotatable bonds is 10. The summed E-state index contributed by atoms with van der Waals surface area (Å²) in [6.45, 7) is 7.75. The van der Waals surface area contributed by atoms with Gasteiger partial charge >= 0.3 is 5.97 Å². The van der Waals surface area contributed by atoms with Crippen LogP contribution < -0.4 is 24.4 Å². The van der Waals surface area contributed by atoms with Crippen LogP contribution in [-0.4, -0.2) is 28.7 Å². The lowest BCUT2D eigenvalue weighted by atomic mass is 9.94. The average molecular weight is 664 g/mol. The quantitative estimate of drug-likeness (QED) is 0.0999. The lowest BCUT2D eigenvalue weighted by molar-refractivity contribution is -0.385. The molecule has 0 fully saturated rings. The van der Waals surface area contributed by atoms with Crippen molar-refractivity contribution < 1.29 is 23.9 Å². The van der Waals surface area contributed by atoms with Crippen LogP contribution in [0.5, 0.6) is 11.5 Å². The minimum Gasteiger partial charge on any atom is -0.490 e. The summed E-state index contributed by atoms with van der Waals surface area (Å²) in [6.07, 6.45) is 1.73. The number of thiazole rings is 1. The average Bonchev–Trinajstić information content (AvgIpc) is 3.37. The molecular weight excluding hydrogens is 630 g/mol. The fourth-order valence-corrected chi connectivity index (χ4v) is 6.87. The minimum atomic E-state index is -0.967. The van der Waals surface area contributed by atoms with Crippen molar-refractivity contribution in [1.82, 2.24) is 4.57 Å². The topological polar surface area (TPSA) is 122 Å². The molecular formula is C37H33N3O7S. The van der Waals surface area contributed by atoms with E-state index in [1.54, 1.807) is 39.0 Å². The Labute approximate surface area is 280 Å². The number of benzene rings is 4. The predicted molar refractivity (Wildman–Crippen MR) is 184 cm³/mol. The Kier molecular flexibility index (Phi) is 9.22. The molecule has 1 aliphatic heterocycles. The molecule has 0 amide bonds. The highest BCUT2D eigenvalue weighted by molar-refractivity contribution is 7.07. The summed E-state index contributed by atoms with van der Waals surface area (Å²) in [7, 11) is 0. The van der Waals surface area contributed by atoms with E-state index in [1.165, 1.54) is 22.0 Å². The molecule has 0 bridgehead atoms. The first kappa shape index (κ1) is 32.4. The van der Waals surface area contributed by atoms with Crippen LogP contribution in [0.15, 0.2) is 99.9 Å². The SMILES string of the molecule is CCOC(=O)C1=C(C)N=c2s/c(=C/c3ccc(OCc4cccc5ccccc45)c(OCC)c3)c(=O)n2[C@H]1c1ccc(C)c([N+](=O)[O-])c1. The van der Waals surface area contributed by atoms with E-state index in [0.717, 1.165) is 16.3 Å². The molecule has 0 spiro atoms. The zero-order valence-electron chi connectivity index (χ0n) is 26.9. The van der Waals surface area contributed by atoms with Crippen molar-refractivity contribution in [1.29, 1.82) is 0 Å². The van der Waals surface area contributed by atoms with Crippen molar-refractivity contribution in [2.75, 3.05) is 13.2 Å². The van der Waals surface area contributed by atoms with Crippen LogP contribution in [-0.2, 0) is 16.1 Å². The van der Waals surface area contributed by atoms with E-state index in [2.05, 4.69) is 23.2 Å². The molecule has 2 heterocycles. The van der Waals surface area contributed by atoms with Crippen LogP contribution in [0.4, 0.5) is 5.69 Å². The fourth-order valence-electron chi connectivity index (χ4n) is 5.83. The van der Waals surface area contributed by atoms with Crippen molar-refractivity contribution in [2.45, 2.75) is 40.3 Å². The van der Waals surface area contributed by atoms with Crippen LogP contribution >= 0.6 is 11.3 Å². The number of carbonyl (C=O) groups excluding carboxylic acids is 1. The number of hydrogen-bond donors (Lipinski definition) is 0. The molecule has 1 aromatic heterocycles. The third-order valence-electron chi connectivity index (χ3n) is 8.09. The van der Waals surface area contributed by atoms with Gasteiger partial charge < -0.3 is 14.2 Å². The Bertz CT molecular complexity index is 2280. The maximum atomic E-state index is 14.1. The van der Waals surface area contributed by atoms with Gasteiger partial charge in [-0.25, -0.2) is 9.79 Å². The number of esters is 1. The Balaban J connectivity index is 1.40. The van der Waals surface area contributed by atoms with Gasteiger partial charge in [0.25, 0.3) is 11.2 Å². The minimum absolute atomic E-state index is 0.112. The number of hydrogen-bond acceptors (Lipinski definition) is 9. The number of allylic oxidation sites excluding steroid dienone is 1. The largest absolute Gasteiger partial charge is 0.490 e. The predicted octanol–water partition coefficient (Wildman–Crippen LogP) is 6.15. The van der Waals surface area contributed by atoms with Gasteiger partial charge in [-0.3, -0.25) is 19.5 Å². The van der Waals surface area contributed by atoms with Crippen molar-refractivity contribution in [3.05, 3.63) is 142 Å². The van der Waals surface area contributed by atoms with Gasteiger partial charge in [-0.05, 0) is 73.4 Å². The van der Waals surface area contributed by atoms with E-state index >= 15 is 0 Å². The van der Waals surface area contributed by atoms with E-state index in [0.29, 0.717) is 56.4 Å². The number of aromatic nitrogens is 1. The molecule has 0 aliphatic carbocycles. The van der Waals surface area contributed by atoms with Crippen molar-refractivity contribution in [3.63, 3.8) is 0 Å². The highest BCUT2D eigenvalue weighted by atomic mass is 32.1. The van der Waals surface area contributed by atoms with E-state index in [9.17, 15) is 19.7 Å². The van der Waals surface area contributed by atoms with Crippen LogP contribution in [0.3, 0.4) is 0 Å². The second kappa shape index (κ2) is 13.7. The molecule has 0 N–H and O–H groups in total. The van der Waals surface area contributed by atoms with Gasteiger partial charge in [-0.2, -0.15) is 0 Å². The van der Waals surface area contributed by atoms with Gasteiger partial charge in [-0.1, -0.05) is 72.0 Å². The van der Waals surface area contributed by atoms with E-state index in [4.69, 9.17) is 14.2 Å². The molecule has 1 atom stereocenters. The van der Waals surface area contributed by atoms with Gasteiger partial charge in [0.2, 0.25) is 0 Å². The third-order valence-corrected chi connectivity index (χ3v) is 9.07. The maximum Gasteiger partial charge on any atom is 0.338 e. The van der Waals surface area contributed by atoms with E-state index < -0.39 is 22.5 Å². The summed E-state index contributed by atoms with van der Waals surface area (Å²) in [5, 5.41) is 14.1. The molecule has 6 rings (SSSR count). The molecule has 10 nitrogen and oxygen atoms in total. The number of ether oxygens (including phenoxy) is 3. The summed E-state index contributed by atoms with van der Waals surface area (Å²) in [4.78, 5) is 43.6. The first-order chi connectivity index (χ1) is 23.2. The Morgan fingerprint density at radius 3 is 2.54 bits per heavy atom. The highest BCUT2D eigenvalue weighted by Crippen LogP contribution is 2.34. The van der Waals surface area contributed by atoms with Crippen LogP contribution in [0, 0.1) is 17.0 Å². The number of carbonyl (C=O) groups is 1. The molecule has 0 saturated carbocycles. The lowest BCUT2D eigenvalue weighted by Gasteiger charge is -2.24. The normalized spacial score (nSPS) is 14.4. The van der Waals surface area contributed by atoms with Gasteiger partial charge in [0.05, 0.1) is 40.0 Å². The van der Waals surface area contributed by atoms with Crippen molar-refractivity contribution in [2.24, 2.45) is 4.99 Å². The molecule has 244 valence electrons. The monoisotopic (exact) mass is 663 g/mol. The standard InChI is InChI=1S/C37H33N3O7S/c1-5-45-31-18-24(15-17-30(31)47-21-27-12-9-11-25-10-7-8-13-28(25)27)19-32-35(41)39-34(26-16-14-22(3)29(20-26)40(43)44)33(36(42)46-6-2)23(4)38-37(39)48-32/h7-20,34H,5-6,21H2,1-4H3/b32-19+/t34-/m0/s1. The zero-order chi connectivity index (χ0) is 33.9. The highest BCUT2D eigenvalue weighted by Gasteiger charge is 2.34. The Hall–Kier alpha value is -5.55. The number of nitrogens with zero attached hydrogens (tertiary/aromatic N) is 3. The van der Waals surface area contributed by atoms with Crippen LogP contribution in [0.1, 0.15) is 49.1 Å². The van der Waals surface area contributed by atoms with Crippen LogP contribution in [0.25, 0.3) is 16.8 Å². The van der Waals surface area contributed by atoms with Gasteiger partial charge in [-0.15, -0.1) is 0 Å². The molecule has 11 heteroatoms. The van der Waals surface area contributed by atoms with Gasteiger partial charge in [0.1, 0.15) is 6.61 Å². The Morgan fingerprint density at radius 1 is 0.979 bits per heavy atom. The van der Waals surface area contributed by atoms with Crippen molar-refractivity contribution in [3.8, 4) is 11.5 Å². The van der Waals surface area contributed by atoms with Gasteiger partial charge in [0.15, 0.2) is 16.3 Å². The second-order valence-electron chi connectivity index (χ2n) is 11.2. The molecule has 0 unspecified atom stereocenters. The second-order valence-corrected chi connectivity index (χ2v) is 12.2. The van der Waals surface area contributed by atoms with E-state index in [-0.39, 0.29) is 17.9 Å². The summed E-state index contributed by atoms with van der Waals surface area (Å²) < 4.78 is 19.3. The Morgan fingerprint density at radius 2 is 1.77 bits per heavy atom. The molecule has 48 heavy (non-hydrogen) atoms. The third kappa shape index (κ3) is 6.24. The van der Waals surface area contributed by atoms with Crippen LogP contribution in [0.2, 0.25) is 0 Å². The van der Waals surface area contributed by atoms with E-state index in [1.807, 2.05) is 49.4 Å². The maximum absolute atomic E-state index is 14.1. The molecule has 5 aromatic rings. The summed E-state index contributed by atoms with van der Waals surface area (Å²) >= 11 is 1.17. The molecule has 0 saturated heterocycles. The lowest BCUT2D eigenvalue weighted by Crippen LogP contribution is -2.40. The molecule has 1 aliphatic rings.